The van der Waals surface area contributed by atoms with E-state index in [0.29, 0.717) is 12.5 Å². The first-order chi connectivity index (χ1) is 8.83. The SMILES string of the molecule is C=CC.NCC(c1ccccc1)c1ccccc1. The predicted octanol–water partition coefficient (Wildman–Crippen LogP) is 3.97. The van der Waals surface area contributed by atoms with Crippen molar-refractivity contribution in [3.63, 3.8) is 0 Å². The second-order valence-corrected chi connectivity index (χ2v) is 4.02. The standard InChI is InChI=1S/C14H15N.C3H6/c15-11-14(12-7-3-1-4-8-12)13-9-5-2-6-10-13;1-3-2/h1-10,14H,11,15H2;3H,1H2,2H3. The minimum atomic E-state index is 0.312. The van der Waals surface area contributed by atoms with Gasteiger partial charge in [-0.2, -0.15) is 0 Å². The zero-order valence-electron chi connectivity index (χ0n) is 10.9. The molecule has 2 aromatic rings. The van der Waals surface area contributed by atoms with Crippen molar-refractivity contribution in [3.05, 3.63) is 84.4 Å². The summed E-state index contributed by atoms with van der Waals surface area (Å²) in [7, 11) is 0. The molecule has 0 atom stereocenters. The van der Waals surface area contributed by atoms with Crippen LogP contribution in [0, 0.1) is 0 Å². The molecule has 2 N–H and O–H groups in total. The van der Waals surface area contributed by atoms with Gasteiger partial charge in [0.15, 0.2) is 0 Å². The summed E-state index contributed by atoms with van der Waals surface area (Å²) in [5, 5.41) is 0. The Morgan fingerprint density at radius 1 is 0.944 bits per heavy atom. The molecule has 2 rings (SSSR count). The van der Waals surface area contributed by atoms with E-state index in [1.54, 1.807) is 6.08 Å². The van der Waals surface area contributed by atoms with Crippen LogP contribution in [-0.4, -0.2) is 6.54 Å². The van der Waals surface area contributed by atoms with Crippen LogP contribution in [0.5, 0.6) is 0 Å². The van der Waals surface area contributed by atoms with Gasteiger partial charge in [-0.05, 0) is 18.1 Å². The van der Waals surface area contributed by atoms with Gasteiger partial charge in [0.1, 0.15) is 0 Å². The molecule has 0 radical (unpaired) electrons. The number of hydrogen-bond acceptors (Lipinski definition) is 1. The summed E-state index contributed by atoms with van der Waals surface area (Å²) >= 11 is 0. The van der Waals surface area contributed by atoms with Crippen LogP contribution in [0.1, 0.15) is 24.0 Å². The molecular weight excluding hydrogens is 218 g/mol. The highest BCUT2D eigenvalue weighted by Gasteiger charge is 2.10. The molecule has 0 spiro atoms. The highest BCUT2D eigenvalue weighted by molar-refractivity contribution is 5.32. The number of rotatable bonds is 3. The maximum atomic E-state index is 5.84. The van der Waals surface area contributed by atoms with Gasteiger partial charge < -0.3 is 5.73 Å². The third-order valence-corrected chi connectivity index (χ3v) is 2.64. The zero-order chi connectivity index (χ0) is 13.2. The molecule has 0 saturated carbocycles. The van der Waals surface area contributed by atoms with Crippen molar-refractivity contribution in [2.45, 2.75) is 12.8 Å². The maximum Gasteiger partial charge on any atom is 0.0212 e. The molecule has 0 aliphatic carbocycles. The summed E-state index contributed by atoms with van der Waals surface area (Å²) in [6, 6.07) is 20.8. The molecule has 0 aliphatic heterocycles. The summed E-state index contributed by atoms with van der Waals surface area (Å²) < 4.78 is 0. The Morgan fingerprint density at radius 2 is 1.28 bits per heavy atom. The van der Waals surface area contributed by atoms with Crippen molar-refractivity contribution in [3.8, 4) is 0 Å². The molecule has 18 heavy (non-hydrogen) atoms. The fraction of sp³-hybridized carbons (Fsp3) is 0.176. The van der Waals surface area contributed by atoms with E-state index < -0.39 is 0 Å². The first-order valence-electron chi connectivity index (χ1n) is 6.20. The summed E-state index contributed by atoms with van der Waals surface area (Å²) in [5.74, 6) is 0.312. The second-order valence-electron chi connectivity index (χ2n) is 4.02. The van der Waals surface area contributed by atoms with Crippen LogP contribution in [0.3, 0.4) is 0 Å². The number of allylic oxidation sites excluding steroid dienone is 1. The smallest absolute Gasteiger partial charge is 0.0212 e. The van der Waals surface area contributed by atoms with E-state index >= 15 is 0 Å². The zero-order valence-corrected chi connectivity index (χ0v) is 10.9. The molecule has 0 unspecified atom stereocenters. The Labute approximate surface area is 110 Å². The summed E-state index contributed by atoms with van der Waals surface area (Å²) in [4.78, 5) is 0. The van der Waals surface area contributed by atoms with E-state index in [2.05, 4.69) is 55.1 Å². The molecule has 94 valence electrons. The number of nitrogens with two attached hydrogens (primary N) is 1. The highest BCUT2D eigenvalue weighted by Crippen LogP contribution is 2.22. The third-order valence-electron chi connectivity index (χ3n) is 2.64. The highest BCUT2D eigenvalue weighted by atomic mass is 14.5. The predicted molar refractivity (Wildman–Crippen MR) is 79.7 cm³/mol. The van der Waals surface area contributed by atoms with E-state index in [9.17, 15) is 0 Å². The lowest BCUT2D eigenvalue weighted by molar-refractivity contribution is 0.819. The Morgan fingerprint density at radius 3 is 1.56 bits per heavy atom. The quantitative estimate of drug-likeness (QED) is 0.806. The van der Waals surface area contributed by atoms with Crippen molar-refractivity contribution in [1.82, 2.24) is 0 Å². The molecule has 0 fully saturated rings. The lowest BCUT2D eigenvalue weighted by atomic mass is 9.92. The van der Waals surface area contributed by atoms with Gasteiger partial charge in [0.25, 0.3) is 0 Å². The first kappa shape index (κ1) is 14.2. The van der Waals surface area contributed by atoms with E-state index in [4.69, 9.17) is 5.73 Å². The molecule has 2 aromatic carbocycles. The lowest BCUT2D eigenvalue weighted by Crippen LogP contribution is -2.13. The Kier molecular flexibility index (Phi) is 6.52. The van der Waals surface area contributed by atoms with Crippen LogP contribution in [0.25, 0.3) is 0 Å². The van der Waals surface area contributed by atoms with Crippen molar-refractivity contribution < 1.29 is 0 Å². The molecule has 0 heterocycles. The molecule has 0 bridgehead atoms. The normalized spacial score (nSPS) is 9.50. The van der Waals surface area contributed by atoms with Crippen LogP contribution >= 0.6 is 0 Å². The average Bonchev–Trinajstić information content (AvgIpc) is 2.43. The van der Waals surface area contributed by atoms with Crippen LogP contribution in [0.4, 0.5) is 0 Å². The largest absolute Gasteiger partial charge is 0.330 e. The van der Waals surface area contributed by atoms with Gasteiger partial charge in [0, 0.05) is 12.5 Å². The Hall–Kier alpha value is -1.86. The molecule has 0 saturated heterocycles. The van der Waals surface area contributed by atoms with Crippen molar-refractivity contribution >= 4 is 0 Å². The topological polar surface area (TPSA) is 26.0 Å². The third kappa shape index (κ3) is 4.19. The molecule has 1 nitrogen and oxygen atoms in total. The fourth-order valence-corrected chi connectivity index (χ4v) is 1.84. The molecule has 0 aliphatic rings. The summed E-state index contributed by atoms with van der Waals surface area (Å²) in [6.45, 7) is 5.90. The lowest BCUT2D eigenvalue weighted by Gasteiger charge is -2.15. The summed E-state index contributed by atoms with van der Waals surface area (Å²) in [5.41, 5.74) is 8.40. The molecule has 0 amide bonds. The van der Waals surface area contributed by atoms with Gasteiger partial charge >= 0.3 is 0 Å². The van der Waals surface area contributed by atoms with Crippen LogP contribution in [0.15, 0.2) is 73.3 Å². The number of hydrogen-bond donors (Lipinski definition) is 1. The fourth-order valence-electron chi connectivity index (χ4n) is 1.84. The van der Waals surface area contributed by atoms with Gasteiger partial charge in [0.2, 0.25) is 0 Å². The van der Waals surface area contributed by atoms with Crippen molar-refractivity contribution in [1.29, 1.82) is 0 Å². The Bertz CT molecular complexity index is 394. The minimum absolute atomic E-state index is 0.312. The molecule has 1 heteroatoms. The first-order valence-corrected chi connectivity index (χ1v) is 6.20. The van der Waals surface area contributed by atoms with Gasteiger partial charge in [0.05, 0.1) is 0 Å². The van der Waals surface area contributed by atoms with Gasteiger partial charge in [-0.1, -0.05) is 66.7 Å². The second kappa shape index (κ2) is 8.26. The molecule has 0 aromatic heterocycles. The van der Waals surface area contributed by atoms with Gasteiger partial charge in [-0.25, -0.2) is 0 Å². The maximum absolute atomic E-state index is 5.84. The Balaban J connectivity index is 0.000000492. The summed E-state index contributed by atoms with van der Waals surface area (Å²) in [6.07, 6.45) is 1.75. The van der Waals surface area contributed by atoms with E-state index in [-0.39, 0.29) is 0 Å². The van der Waals surface area contributed by atoms with Crippen molar-refractivity contribution in [2.24, 2.45) is 5.73 Å². The molecular formula is C17H21N. The van der Waals surface area contributed by atoms with Crippen LogP contribution in [0.2, 0.25) is 0 Å². The van der Waals surface area contributed by atoms with E-state index in [1.165, 1.54) is 11.1 Å². The number of benzene rings is 2. The van der Waals surface area contributed by atoms with Crippen LogP contribution in [-0.2, 0) is 0 Å². The average molecular weight is 239 g/mol. The van der Waals surface area contributed by atoms with E-state index in [0.717, 1.165) is 0 Å². The van der Waals surface area contributed by atoms with E-state index in [1.807, 2.05) is 19.1 Å². The monoisotopic (exact) mass is 239 g/mol. The van der Waals surface area contributed by atoms with Crippen LogP contribution < -0.4 is 5.73 Å². The minimum Gasteiger partial charge on any atom is -0.330 e. The van der Waals surface area contributed by atoms with Crippen molar-refractivity contribution in [2.75, 3.05) is 6.54 Å². The van der Waals surface area contributed by atoms with Gasteiger partial charge in [-0.3, -0.25) is 0 Å². The van der Waals surface area contributed by atoms with Gasteiger partial charge in [-0.15, -0.1) is 6.58 Å².